The van der Waals surface area contributed by atoms with E-state index in [1.54, 1.807) is 6.07 Å². The average Bonchev–Trinajstić information content (AvgIpc) is 2.98. The number of hydrogen-bond donors (Lipinski definition) is 1. The Hall–Kier alpha value is -1.11. The molecule has 1 aromatic rings. The first-order chi connectivity index (χ1) is 10.4. The summed E-state index contributed by atoms with van der Waals surface area (Å²) in [6, 6.07) is 4.62. The van der Waals surface area contributed by atoms with E-state index < -0.39 is 10.0 Å². The van der Waals surface area contributed by atoms with Crippen LogP contribution >= 0.6 is 11.6 Å². The third-order valence-electron chi connectivity index (χ3n) is 4.33. The number of carbonyl (C=O) groups is 1. The van der Waals surface area contributed by atoms with Gasteiger partial charge in [0.1, 0.15) is 4.90 Å². The van der Waals surface area contributed by atoms with Crippen LogP contribution in [0, 0.1) is 11.8 Å². The molecule has 7 heteroatoms. The second kappa shape index (κ2) is 5.83. The van der Waals surface area contributed by atoms with Crippen LogP contribution in [-0.2, 0) is 14.8 Å². The Morgan fingerprint density at radius 3 is 2.55 bits per heavy atom. The molecule has 0 aromatic heterocycles. The quantitative estimate of drug-likeness (QED) is 0.914. The highest BCUT2D eigenvalue weighted by atomic mass is 35.5. The molecule has 0 unspecified atom stereocenters. The molecule has 1 amide bonds. The molecule has 5 nitrogen and oxygen atoms in total. The van der Waals surface area contributed by atoms with Crippen LogP contribution in [0.5, 0.6) is 0 Å². The Morgan fingerprint density at radius 1 is 1.32 bits per heavy atom. The van der Waals surface area contributed by atoms with Crippen molar-refractivity contribution in [3.05, 3.63) is 23.2 Å². The maximum atomic E-state index is 12.6. The molecule has 1 saturated carbocycles. The number of anilines is 1. The summed E-state index contributed by atoms with van der Waals surface area (Å²) in [6.45, 7) is 3.07. The summed E-state index contributed by atoms with van der Waals surface area (Å²) in [6.07, 6.45) is 2.62. The van der Waals surface area contributed by atoms with Crippen LogP contribution in [-0.4, -0.2) is 31.7 Å². The molecule has 2 atom stereocenters. The summed E-state index contributed by atoms with van der Waals surface area (Å²) in [5.41, 5.74) is 0.478. The molecule has 1 heterocycles. The Kier molecular flexibility index (Phi) is 4.18. The van der Waals surface area contributed by atoms with Gasteiger partial charge in [-0.3, -0.25) is 4.79 Å². The lowest BCUT2D eigenvalue weighted by Gasteiger charge is -2.17. The molecule has 1 saturated heterocycles. The average molecular weight is 343 g/mol. The molecule has 1 aromatic carbocycles. The highest BCUT2D eigenvalue weighted by Crippen LogP contribution is 2.39. The van der Waals surface area contributed by atoms with Gasteiger partial charge in [-0.2, -0.15) is 4.31 Å². The van der Waals surface area contributed by atoms with E-state index >= 15 is 0 Å². The topological polar surface area (TPSA) is 66.5 Å². The van der Waals surface area contributed by atoms with E-state index in [9.17, 15) is 13.2 Å². The summed E-state index contributed by atoms with van der Waals surface area (Å²) >= 11 is 6.08. The van der Waals surface area contributed by atoms with Crippen molar-refractivity contribution in [1.29, 1.82) is 0 Å². The van der Waals surface area contributed by atoms with E-state index in [4.69, 9.17) is 11.6 Å². The van der Waals surface area contributed by atoms with Crippen molar-refractivity contribution in [3.63, 3.8) is 0 Å². The summed E-state index contributed by atoms with van der Waals surface area (Å²) in [5.74, 6) is 0.383. The third kappa shape index (κ3) is 3.00. The molecule has 1 aliphatic heterocycles. The van der Waals surface area contributed by atoms with Crippen LogP contribution in [0.25, 0.3) is 0 Å². The highest BCUT2D eigenvalue weighted by Gasteiger charge is 2.39. The van der Waals surface area contributed by atoms with Crippen molar-refractivity contribution in [2.24, 2.45) is 11.8 Å². The lowest BCUT2D eigenvalue weighted by molar-refractivity contribution is -0.117. The van der Waals surface area contributed by atoms with E-state index in [0.717, 1.165) is 19.3 Å². The minimum Gasteiger partial charge on any atom is -0.326 e. The zero-order chi connectivity index (χ0) is 15.9. The first kappa shape index (κ1) is 15.8. The fourth-order valence-electron chi connectivity index (χ4n) is 2.77. The lowest BCUT2D eigenvalue weighted by atomic mass is 10.3. The van der Waals surface area contributed by atoms with Crippen LogP contribution in [0.4, 0.5) is 5.69 Å². The molecule has 120 valence electrons. The number of amides is 1. The first-order valence-electron chi connectivity index (χ1n) is 7.50. The molecule has 3 rings (SSSR count). The summed E-state index contributed by atoms with van der Waals surface area (Å²) < 4.78 is 26.7. The van der Waals surface area contributed by atoms with Crippen molar-refractivity contribution >= 4 is 33.2 Å². The van der Waals surface area contributed by atoms with Crippen LogP contribution in [0.3, 0.4) is 0 Å². The van der Waals surface area contributed by atoms with E-state index in [-0.39, 0.29) is 21.7 Å². The van der Waals surface area contributed by atoms with Crippen LogP contribution in [0.1, 0.15) is 26.2 Å². The maximum Gasteiger partial charge on any atom is 0.244 e. The lowest BCUT2D eigenvalue weighted by Crippen LogP contribution is -2.28. The van der Waals surface area contributed by atoms with Crippen molar-refractivity contribution in [1.82, 2.24) is 4.31 Å². The minimum absolute atomic E-state index is 0.0364. The molecule has 1 aliphatic carbocycles. The van der Waals surface area contributed by atoms with E-state index in [0.29, 0.717) is 24.7 Å². The van der Waals surface area contributed by atoms with Gasteiger partial charge in [0.15, 0.2) is 0 Å². The molecule has 2 fully saturated rings. The Morgan fingerprint density at radius 2 is 1.95 bits per heavy atom. The zero-order valence-electron chi connectivity index (χ0n) is 12.4. The van der Waals surface area contributed by atoms with Gasteiger partial charge in [-0.25, -0.2) is 8.42 Å². The van der Waals surface area contributed by atoms with Crippen molar-refractivity contribution < 1.29 is 13.2 Å². The number of benzene rings is 1. The molecular formula is C15H19ClN2O3S. The van der Waals surface area contributed by atoms with Crippen LogP contribution in [0.2, 0.25) is 5.02 Å². The van der Waals surface area contributed by atoms with Gasteiger partial charge in [0.05, 0.1) is 5.02 Å². The first-order valence-corrected chi connectivity index (χ1v) is 9.32. The number of nitrogens with one attached hydrogen (secondary N) is 1. The van der Waals surface area contributed by atoms with Crippen molar-refractivity contribution in [3.8, 4) is 0 Å². The summed E-state index contributed by atoms with van der Waals surface area (Å²) in [5, 5.41) is 2.97. The zero-order valence-corrected chi connectivity index (χ0v) is 14.0. The monoisotopic (exact) mass is 342 g/mol. The predicted molar refractivity (Wildman–Crippen MR) is 85.3 cm³/mol. The fourth-order valence-corrected chi connectivity index (χ4v) is 4.79. The third-order valence-corrected chi connectivity index (χ3v) is 6.71. The molecule has 2 aliphatic rings. The standard InChI is InChI=1S/C15H19ClN2O3S/c1-10-8-12(10)15(19)17-11-4-5-13(16)14(9-11)22(20,21)18-6-2-3-7-18/h4-5,9-10,12H,2-3,6-8H2,1H3,(H,17,19)/t10-,12+/m1/s1. The summed E-state index contributed by atoms with van der Waals surface area (Å²) in [7, 11) is -3.59. The molecule has 0 spiro atoms. The Labute approximate surface area is 135 Å². The number of nitrogens with zero attached hydrogens (tertiary/aromatic N) is 1. The molecule has 0 radical (unpaired) electrons. The number of rotatable bonds is 4. The van der Waals surface area contributed by atoms with Gasteiger partial charge < -0.3 is 5.32 Å². The minimum atomic E-state index is -3.59. The molecular weight excluding hydrogens is 324 g/mol. The number of halogens is 1. The van der Waals surface area contributed by atoms with E-state index in [1.165, 1.54) is 16.4 Å². The number of sulfonamides is 1. The van der Waals surface area contributed by atoms with Gasteiger partial charge >= 0.3 is 0 Å². The Bertz CT molecular complexity index is 699. The number of hydrogen-bond acceptors (Lipinski definition) is 3. The Balaban J connectivity index is 1.85. The maximum absolute atomic E-state index is 12.6. The van der Waals surface area contributed by atoms with Crippen molar-refractivity contribution in [2.45, 2.75) is 31.1 Å². The SMILES string of the molecule is C[C@@H]1C[C@@H]1C(=O)Nc1ccc(Cl)c(S(=O)(=O)N2CCCC2)c1. The predicted octanol–water partition coefficient (Wildman–Crippen LogP) is 2.72. The highest BCUT2D eigenvalue weighted by molar-refractivity contribution is 7.89. The summed E-state index contributed by atoms with van der Waals surface area (Å²) in [4.78, 5) is 12.1. The molecule has 1 N–H and O–H groups in total. The van der Waals surface area contributed by atoms with Gasteiger partial charge in [-0.15, -0.1) is 0 Å². The van der Waals surface area contributed by atoms with Gasteiger partial charge in [0.2, 0.25) is 15.9 Å². The van der Waals surface area contributed by atoms with Crippen LogP contribution < -0.4 is 5.32 Å². The van der Waals surface area contributed by atoms with Gasteiger partial charge in [-0.05, 0) is 43.4 Å². The smallest absolute Gasteiger partial charge is 0.244 e. The second-order valence-corrected chi connectivity index (χ2v) is 8.38. The molecule has 22 heavy (non-hydrogen) atoms. The van der Waals surface area contributed by atoms with Gasteiger partial charge in [-0.1, -0.05) is 18.5 Å². The van der Waals surface area contributed by atoms with Crippen LogP contribution in [0.15, 0.2) is 23.1 Å². The van der Waals surface area contributed by atoms with E-state index in [1.807, 2.05) is 6.92 Å². The van der Waals surface area contributed by atoms with E-state index in [2.05, 4.69) is 5.32 Å². The second-order valence-electron chi connectivity index (χ2n) is 6.07. The number of carbonyl (C=O) groups excluding carboxylic acids is 1. The normalized spacial score (nSPS) is 25.2. The molecule has 0 bridgehead atoms. The van der Waals surface area contributed by atoms with Gasteiger partial charge in [0, 0.05) is 24.7 Å². The fraction of sp³-hybridized carbons (Fsp3) is 0.533. The van der Waals surface area contributed by atoms with Crippen molar-refractivity contribution in [2.75, 3.05) is 18.4 Å². The van der Waals surface area contributed by atoms with Gasteiger partial charge in [0.25, 0.3) is 0 Å². The largest absolute Gasteiger partial charge is 0.326 e.